The predicted molar refractivity (Wildman–Crippen MR) is 99.5 cm³/mol. The van der Waals surface area contributed by atoms with Crippen molar-refractivity contribution >= 4 is 17.6 Å². The first-order valence-electron chi connectivity index (χ1n) is 9.79. The summed E-state index contributed by atoms with van der Waals surface area (Å²) in [6.07, 6.45) is 1.99. The molecule has 4 rings (SSSR count). The first kappa shape index (κ1) is 18.9. The molecule has 1 aromatic heterocycles. The Kier molecular flexibility index (Phi) is 4.64. The molecule has 150 valence electrons. The van der Waals surface area contributed by atoms with Crippen molar-refractivity contribution in [1.82, 2.24) is 4.98 Å². The lowest BCUT2D eigenvalue weighted by Crippen LogP contribution is -2.47. The lowest BCUT2D eigenvalue weighted by Gasteiger charge is -2.41. The molecular weight excluding hydrogens is 366 g/mol. The molecule has 8 heteroatoms. The number of alkyl halides is 2. The number of carbonyl (C=O) groups excluding carboxylic acids is 1. The van der Waals surface area contributed by atoms with E-state index in [9.17, 15) is 18.8 Å². The molecule has 2 aliphatic heterocycles. The van der Waals surface area contributed by atoms with Crippen molar-refractivity contribution in [3.8, 4) is 6.07 Å². The third kappa shape index (κ3) is 2.97. The minimum Gasteiger partial charge on any atom is -0.469 e. The molecule has 2 saturated heterocycles. The van der Waals surface area contributed by atoms with Crippen LogP contribution in [0.25, 0.3) is 0 Å². The van der Waals surface area contributed by atoms with E-state index in [0.29, 0.717) is 36.7 Å². The topological polar surface area (TPSA) is 69.5 Å². The average molecular weight is 390 g/mol. The molecule has 0 radical (unpaired) electrons. The maximum absolute atomic E-state index is 14.7. The van der Waals surface area contributed by atoms with Crippen LogP contribution in [0.1, 0.15) is 49.3 Å². The van der Waals surface area contributed by atoms with Gasteiger partial charge in [-0.25, -0.2) is 13.8 Å². The smallest absolute Gasteiger partial charge is 0.305 e. The normalized spacial score (nSPS) is 25.2. The van der Waals surface area contributed by atoms with E-state index >= 15 is 0 Å². The number of anilines is 2. The minimum atomic E-state index is -3.01. The Morgan fingerprint density at radius 3 is 2.75 bits per heavy atom. The number of halogens is 2. The van der Waals surface area contributed by atoms with E-state index in [1.54, 1.807) is 0 Å². The zero-order chi connectivity index (χ0) is 20.1. The molecule has 0 spiro atoms. The SMILES string of the molecule is COC(=O)CC1CCN(c2nc(N3CC[C@@H]3C)c(C#N)c3c2CCC3(F)F)C1. The predicted octanol–water partition coefficient (Wildman–Crippen LogP) is 2.98. The van der Waals surface area contributed by atoms with E-state index in [-0.39, 0.29) is 41.9 Å². The summed E-state index contributed by atoms with van der Waals surface area (Å²) >= 11 is 0. The molecule has 0 aromatic carbocycles. The van der Waals surface area contributed by atoms with Crippen molar-refractivity contribution in [2.75, 3.05) is 36.5 Å². The summed E-state index contributed by atoms with van der Waals surface area (Å²) in [5.41, 5.74) is 0.390. The van der Waals surface area contributed by atoms with E-state index < -0.39 is 5.92 Å². The second kappa shape index (κ2) is 6.87. The van der Waals surface area contributed by atoms with Gasteiger partial charge in [0, 0.05) is 43.2 Å². The molecule has 28 heavy (non-hydrogen) atoms. The van der Waals surface area contributed by atoms with Crippen LogP contribution in [0.5, 0.6) is 0 Å². The summed E-state index contributed by atoms with van der Waals surface area (Å²) in [5, 5.41) is 9.68. The summed E-state index contributed by atoms with van der Waals surface area (Å²) in [6.45, 7) is 3.98. The van der Waals surface area contributed by atoms with Crippen LogP contribution >= 0.6 is 0 Å². The molecule has 3 aliphatic rings. The summed E-state index contributed by atoms with van der Waals surface area (Å²) < 4.78 is 34.2. The molecule has 6 nitrogen and oxygen atoms in total. The lowest BCUT2D eigenvalue weighted by molar-refractivity contribution is -0.141. The Balaban J connectivity index is 1.74. The Morgan fingerprint density at radius 1 is 1.36 bits per heavy atom. The number of nitrogens with zero attached hydrogens (tertiary/aromatic N) is 4. The summed E-state index contributed by atoms with van der Waals surface area (Å²) in [4.78, 5) is 20.3. The van der Waals surface area contributed by atoms with Crippen molar-refractivity contribution in [2.24, 2.45) is 5.92 Å². The average Bonchev–Trinajstić information content (AvgIpc) is 3.24. The van der Waals surface area contributed by atoms with Crippen LogP contribution < -0.4 is 9.80 Å². The molecule has 0 bridgehead atoms. The number of ether oxygens (including phenoxy) is 1. The zero-order valence-corrected chi connectivity index (χ0v) is 16.2. The van der Waals surface area contributed by atoms with E-state index in [0.717, 1.165) is 19.4 Å². The number of fused-ring (bicyclic) bond motifs is 1. The fourth-order valence-electron chi connectivity index (χ4n) is 4.56. The van der Waals surface area contributed by atoms with E-state index in [1.807, 2.05) is 22.8 Å². The molecule has 2 fully saturated rings. The highest BCUT2D eigenvalue weighted by Crippen LogP contribution is 2.49. The van der Waals surface area contributed by atoms with Crippen LogP contribution in [0.2, 0.25) is 0 Å². The zero-order valence-electron chi connectivity index (χ0n) is 16.2. The molecule has 0 N–H and O–H groups in total. The third-order valence-corrected chi connectivity index (χ3v) is 6.28. The van der Waals surface area contributed by atoms with Gasteiger partial charge in [-0.2, -0.15) is 5.26 Å². The van der Waals surface area contributed by atoms with Crippen LogP contribution in [-0.4, -0.2) is 43.7 Å². The molecule has 3 heterocycles. The summed E-state index contributed by atoms with van der Waals surface area (Å²) in [6, 6.07) is 2.20. The number of hydrogen-bond donors (Lipinski definition) is 0. The van der Waals surface area contributed by atoms with Gasteiger partial charge in [-0.3, -0.25) is 4.79 Å². The first-order valence-corrected chi connectivity index (χ1v) is 9.79. The molecule has 1 aliphatic carbocycles. The summed E-state index contributed by atoms with van der Waals surface area (Å²) in [7, 11) is 1.37. The van der Waals surface area contributed by atoms with Gasteiger partial charge in [-0.05, 0) is 32.1 Å². The van der Waals surface area contributed by atoms with Crippen molar-refractivity contribution in [3.05, 3.63) is 16.7 Å². The van der Waals surface area contributed by atoms with Crippen LogP contribution in [0.4, 0.5) is 20.4 Å². The van der Waals surface area contributed by atoms with Gasteiger partial charge in [-0.1, -0.05) is 0 Å². The van der Waals surface area contributed by atoms with Gasteiger partial charge in [-0.15, -0.1) is 0 Å². The van der Waals surface area contributed by atoms with E-state index in [2.05, 4.69) is 0 Å². The van der Waals surface area contributed by atoms with E-state index in [1.165, 1.54) is 7.11 Å². The van der Waals surface area contributed by atoms with Crippen molar-refractivity contribution < 1.29 is 18.3 Å². The third-order valence-electron chi connectivity index (χ3n) is 6.28. The monoisotopic (exact) mass is 390 g/mol. The largest absolute Gasteiger partial charge is 0.469 e. The second-order valence-corrected chi connectivity index (χ2v) is 8.02. The van der Waals surface area contributed by atoms with Gasteiger partial charge in [0.05, 0.1) is 13.5 Å². The Bertz CT molecular complexity index is 852. The number of pyridine rings is 1. The van der Waals surface area contributed by atoms with Crippen molar-refractivity contribution in [1.29, 1.82) is 5.26 Å². The molecule has 1 aromatic rings. The second-order valence-electron chi connectivity index (χ2n) is 8.02. The number of rotatable bonds is 4. The maximum Gasteiger partial charge on any atom is 0.305 e. The highest BCUT2D eigenvalue weighted by atomic mass is 19.3. The highest BCUT2D eigenvalue weighted by Gasteiger charge is 2.46. The van der Waals surface area contributed by atoms with E-state index in [4.69, 9.17) is 9.72 Å². The van der Waals surface area contributed by atoms with Crippen molar-refractivity contribution in [3.63, 3.8) is 0 Å². The van der Waals surface area contributed by atoms with Crippen LogP contribution in [0.3, 0.4) is 0 Å². The fourth-order valence-corrected chi connectivity index (χ4v) is 4.56. The molecule has 0 saturated carbocycles. The van der Waals surface area contributed by atoms with Gasteiger partial charge in [0.1, 0.15) is 23.3 Å². The summed E-state index contributed by atoms with van der Waals surface area (Å²) in [5.74, 6) is -2.20. The van der Waals surface area contributed by atoms with Gasteiger partial charge >= 0.3 is 5.97 Å². The Labute approximate surface area is 163 Å². The number of nitriles is 1. The highest BCUT2D eigenvalue weighted by molar-refractivity contribution is 5.71. The molecule has 0 amide bonds. The van der Waals surface area contributed by atoms with Gasteiger partial charge in [0.25, 0.3) is 5.92 Å². The lowest BCUT2D eigenvalue weighted by atomic mass is 9.99. The number of hydrogen-bond acceptors (Lipinski definition) is 6. The van der Waals surface area contributed by atoms with Gasteiger partial charge in [0.15, 0.2) is 0 Å². The number of carbonyl (C=O) groups is 1. The number of esters is 1. The van der Waals surface area contributed by atoms with Crippen LogP contribution in [0, 0.1) is 17.2 Å². The standard InChI is InChI=1S/C20H24F2N4O2/c1-12-4-8-26(12)19-15(10-23)17-14(3-6-20(17,21)22)18(24-19)25-7-5-13(11-25)9-16(27)28-2/h12-13H,3-9,11H2,1-2H3/t12-,13?/m0/s1. The molecule has 1 unspecified atom stereocenters. The van der Waals surface area contributed by atoms with Crippen LogP contribution in [-0.2, 0) is 21.9 Å². The molecule has 2 atom stereocenters. The Hall–Kier alpha value is -2.43. The minimum absolute atomic E-state index is 0.0260. The fraction of sp³-hybridized carbons (Fsp3) is 0.650. The van der Waals surface area contributed by atoms with Crippen molar-refractivity contribution in [2.45, 2.75) is 51.0 Å². The van der Waals surface area contributed by atoms with Gasteiger partial charge in [0.2, 0.25) is 0 Å². The molecular formula is C20H24F2N4O2. The number of methoxy groups -OCH3 is 1. The number of aromatic nitrogens is 1. The maximum atomic E-state index is 14.7. The van der Waals surface area contributed by atoms with Crippen LogP contribution in [0.15, 0.2) is 0 Å². The quantitative estimate of drug-likeness (QED) is 0.737. The first-order chi connectivity index (χ1) is 13.4. The Morgan fingerprint density at radius 2 is 2.14 bits per heavy atom. The van der Waals surface area contributed by atoms with Gasteiger partial charge < -0.3 is 14.5 Å².